The van der Waals surface area contributed by atoms with Gasteiger partial charge < -0.3 is 11.1 Å². The molecule has 0 fully saturated rings. The summed E-state index contributed by atoms with van der Waals surface area (Å²) in [6.45, 7) is 2.24. The van der Waals surface area contributed by atoms with Gasteiger partial charge in [-0.25, -0.2) is 4.39 Å². The first-order chi connectivity index (χ1) is 9.49. The summed E-state index contributed by atoms with van der Waals surface area (Å²) >= 11 is 0. The van der Waals surface area contributed by atoms with Gasteiger partial charge in [0, 0.05) is 18.7 Å². The van der Waals surface area contributed by atoms with Crippen molar-refractivity contribution in [2.45, 2.75) is 32.2 Å². The molecule has 8 heteroatoms. The number of amides is 1. The van der Waals surface area contributed by atoms with Crippen molar-refractivity contribution in [2.24, 2.45) is 5.73 Å². The van der Waals surface area contributed by atoms with Gasteiger partial charge in [-0.3, -0.25) is 14.9 Å². The Morgan fingerprint density at radius 1 is 1.52 bits per heavy atom. The molecule has 0 aliphatic rings. The normalized spacial score (nSPS) is 11.4. The Hall–Kier alpha value is -1.73. The number of hydrogen-bond acceptors (Lipinski definition) is 4. The summed E-state index contributed by atoms with van der Waals surface area (Å²) in [7, 11) is 0. The first kappa shape index (κ1) is 19.3. The first-order valence-electron chi connectivity index (χ1n) is 6.44. The van der Waals surface area contributed by atoms with Gasteiger partial charge >= 0.3 is 0 Å². The van der Waals surface area contributed by atoms with Gasteiger partial charge in [0.15, 0.2) is 0 Å². The number of rotatable bonds is 7. The second kappa shape index (κ2) is 9.25. The topological polar surface area (TPSA) is 98.3 Å². The number of nitrogens with one attached hydrogen (secondary N) is 1. The molecule has 0 aliphatic heterocycles. The van der Waals surface area contributed by atoms with Gasteiger partial charge in [-0.1, -0.05) is 19.8 Å². The molecule has 1 atom stereocenters. The van der Waals surface area contributed by atoms with Crippen LogP contribution in [0.4, 0.5) is 10.1 Å². The van der Waals surface area contributed by atoms with Crippen LogP contribution < -0.4 is 11.1 Å². The number of nitro groups is 1. The average Bonchev–Trinajstić information content (AvgIpc) is 2.42. The summed E-state index contributed by atoms with van der Waals surface area (Å²) in [6.07, 6.45) is 2.52. The zero-order valence-corrected chi connectivity index (χ0v) is 12.5. The fourth-order valence-corrected chi connectivity index (χ4v) is 1.81. The quantitative estimate of drug-likeness (QED) is 0.595. The van der Waals surface area contributed by atoms with E-state index in [1.54, 1.807) is 0 Å². The van der Waals surface area contributed by atoms with Crippen LogP contribution in [0, 0.1) is 15.9 Å². The molecule has 1 rings (SSSR count). The Bertz CT molecular complexity index is 500. The molecule has 0 heterocycles. The Morgan fingerprint density at radius 3 is 2.71 bits per heavy atom. The number of benzene rings is 1. The molecule has 0 aliphatic carbocycles. The number of halogens is 2. The third-order valence-corrected chi connectivity index (χ3v) is 2.93. The summed E-state index contributed by atoms with van der Waals surface area (Å²) < 4.78 is 13.2. The Kier molecular flexibility index (Phi) is 8.49. The molecule has 21 heavy (non-hydrogen) atoms. The molecule has 1 aromatic rings. The van der Waals surface area contributed by atoms with Gasteiger partial charge in [-0.05, 0) is 18.6 Å². The minimum Gasteiger partial charge on any atom is -0.348 e. The summed E-state index contributed by atoms with van der Waals surface area (Å²) in [6, 6.07) is 2.52. The maximum Gasteiger partial charge on any atom is 0.282 e. The van der Waals surface area contributed by atoms with E-state index in [1.807, 2.05) is 6.92 Å². The SMILES string of the molecule is CCCCC(CN)NC(=O)c1cc(F)ccc1[N+](=O)[O-].Cl. The van der Waals surface area contributed by atoms with Gasteiger partial charge in [-0.2, -0.15) is 0 Å². The molecule has 1 unspecified atom stereocenters. The van der Waals surface area contributed by atoms with E-state index in [-0.39, 0.29) is 30.6 Å². The summed E-state index contributed by atoms with van der Waals surface area (Å²) in [5.41, 5.74) is 4.84. The summed E-state index contributed by atoms with van der Waals surface area (Å²) in [4.78, 5) is 22.1. The fraction of sp³-hybridized carbons (Fsp3) is 0.462. The van der Waals surface area contributed by atoms with E-state index in [9.17, 15) is 19.3 Å². The number of carbonyl (C=O) groups excluding carboxylic acids is 1. The second-order valence-corrected chi connectivity index (χ2v) is 4.47. The highest BCUT2D eigenvalue weighted by atomic mass is 35.5. The average molecular weight is 320 g/mol. The molecular weight excluding hydrogens is 301 g/mol. The molecule has 1 amide bonds. The molecule has 118 valence electrons. The van der Waals surface area contributed by atoms with Crippen LogP contribution in [-0.4, -0.2) is 23.4 Å². The molecule has 0 spiro atoms. The van der Waals surface area contributed by atoms with E-state index in [4.69, 9.17) is 5.73 Å². The minimum atomic E-state index is -0.710. The van der Waals surface area contributed by atoms with E-state index in [0.29, 0.717) is 6.42 Å². The van der Waals surface area contributed by atoms with E-state index >= 15 is 0 Å². The third kappa shape index (κ3) is 5.65. The zero-order valence-electron chi connectivity index (χ0n) is 11.7. The van der Waals surface area contributed by atoms with Crippen LogP contribution in [0.25, 0.3) is 0 Å². The van der Waals surface area contributed by atoms with Crippen molar-refractivity contribution in [3.05, 3.63) is 39.7 Å². The fourth-order valence-electron chi connectivity index (χ4n) is 1.81. The van der Waals surface area contributed by atoms with Crippen LogP contribution in [0.5, 0.6) is 0 Å². The van der Waals surface area contributed by atoms with Crippen molar-refractivity contribution in [3.8, 4) is 0 Å². The van der Waals surface area contributed by atoms with Gasteiger partial charge in [-0.15, -0.1) is 12.4 Å². The van der Waals surface area contributed by atoms with Crippen LogP contribution in [0.15, 0.2) is 18.2 Å². The van der Waals surface area contributed by atoms with Crippen molar-refractivity contribution in [1.82, 2.24) is 5.32 Å². The Labute approximate surface area is 128 Å². The number of nitrogens with zero attached hydrogens (tertiary/aromatic N) is 1. The summed E-state index contributed by atoms with van der Waals surface area (Å²) in [5.74, 6) is -1.37. The van der Waals surface area contributed by atoms with Crippen molar-refractivity contribution < 1.29 is 14.1 Å². The van der Waals surface area contributed by atoms with Crippen molar-refractivity contribution in [2.75, 3.05) is 6.54 Å². The molecule has 0 aromatic heterocycles. The number of unbranched alkanes of at least 4 members (excludes halogenated alkanes) is 1. The van der Waals surface area contributed by atoms with E-state index in [0.717, 1.165) is 31.0 Å². The highest BCUT2D eigenvalue weighted by Crippen LogP contribution is 2.19. The standard InChI is InChI=1S/C13H18FN3O3.ClH/c1-2-3-4-10(8-15)16-13(18)11-7-9(14)5-6-12(11)17(19)20;/h5-7,10H,2-4,8,15H2,1H3,(H,16,18);1H. The number of nitro benzene ring substituents is 1. The maximum absolute atomic E-state index is 13.2. The largest absolute Gasteiger partial charge is 0.348 e. The molecule has 3 N–H and O–H groups in total. The minimum absolute atomic E-state index is 0. The molecule has 1 aromatic carbocycles. The van der Waals surface area contributed by atoms with Crippen LogP contribution in [0.2, 0.25) is 0 Å². The third-order valence-electron chi connectivity index (χ3n) is 2.93. The van der Waals surface area contributed by atoms with Crippen molar-refractivity contribution >= 4 is 24.0 Å². The predicted molar refractivity (Wildman–Crippen MR) is 80.1 cm³/mol. The zero-order chi connectivity index (χ0) is 15.1. The van der Waals surface area contributed by atoms with Crippen LogP contribution in [-0.2, 0) is 0 Å². The molecule has 6 nitrogen and oxygen atoms in total. The molecular formula is C13H19ClFN3O3. The number of hydrogen-bond donors (Lipinski definition) is 2. The molecule has 0 bridgehead atoms. The molecule has 0 saturated heterocycles. The highest BCUT2D eigenvalue weighted by Gasteiger charge is 2.22. The highest BCUT2D eigenvalue weighted by molar-refractivity contribution is 5.98. The van der Waals surface area contributed by atoms with E-state index in [2.05, 4.69) is 5.32 Å². The lowest BCUT2D eigenvalue weighted by Gasteiger charge is -2.16. The molecule has 0 saturated carbocycles. The maximum atomic E-state index is 13.2. The van der Waals surface area contributed by atoms with E-state index in [1.165, 1.54) is 0 Å². The number of nitrogens with two attached hydrogens (primary N) is 1. The van der Waals surface area contributed by atoms with Crippen LogP contribution >= 0.6 is 12.4 Å². The summed E-state index contributed by atoms with van der Waals surface area (Å²) in [5, 5.41) is 13.4. The molecule has 0 radical (unpaired) electrons. The predicted octanol–water partition coefficient (Wildman–Crippen LogP) is 2.40. The lowest BCUT2D eigenvalue weighted by Crippen LogP contribution is -2.40. The van der Waals surface area contributed by atoms with Crippen molar-refractivity contribution in [1.29, 1.82) is 0 Å². The van der Waals surface area contributed by atoms with E-state index < -0.39 is 22.3 Å². The lowest BCUT2D eigenvalue weighted by atomic mass is 10.1. The smallest absolute Gasteiger partial charge is 0.282 e. The van der Waals surface area contributed by atoms with Gasteiger partial charge in [0.05, 0.1) is 4.92 Å². The van der Waals surface area contributed by atoms with Gasteiger partial charge in [0.1, 0.15) is 11.4 Å². The van der Waals surface area contributed by atoms with Gasteiger partial charge in [0.25, 0.3) is 11.6 Å². The second-order valence-electron chi connectivity index (χ2n) is 4.47. The lowest BCUT2D eigenvalue weighted by molar-refractivity contribution is -0.385. The Morgan fingerprint density at radius 2 is 2.19 bits per heavy atom. The monoisotopic (exact) mass is 319 g/mol. The van der Waals surface area contributed by atoms with Crippen molar-refractivity contribution in [3.63, 3.8) is 0 Å². The Balaban J connectivity index is 0.00000400. The number of carbonyl (C=O) groups is 1. The van der Waals surface area contributed by atoms with Crippen LogP contribution in [0.1, 0.15) is 36.5 Å². The van der Waals surface area contributed by atoms with Crippen LogP contribution in [0.3, 0.4) is 0 Å². The van der Waals surface area contributed by atoms with Gasteiger partial charge in [0.2, 0.25) is 0 Å². The first-order valence-corrected chi connectivity index (χ1v) is 6.44.